The quantitative estimate of drug-likeness (QED) is 0.442. The van der Waals surface area contributed by atoms with E-state index in [-0.39, 0.29) is 6.61 Å². The van der Waals surface area contributed by atoms with Gasteiger partial charge in [-0.25, -0.2) is 15.8 Å². The maximum Gasteiger partial charge on any atom is 0.148 e. The molecule has 1 heterocycles. The molecule has 0 saturated heterocycles. The molecular formula is C13H25N5O. The van der Waals surface area contributed by atoms with Gasteiger partial charge in [0, 0.05) is 12.0 Å². The molecule has 1 aromatic rings. The summed E-state index contributed by atoms with van der Waals surface area (Å²) in [7, 11) is 0. The minimum Gasteiger partial charge on any atom is -0.394 e. The molecule has 1 unspecified atom stereocenters. The molecule has 0 bridgehead atoms. The van der Waals surface area contributed by atoms with E-state index in [1.807, 2.05) is 20.8 Å². The maximum atomic E-state index is 9.49. The van der Waals surface area contributed by atoms with Crippen LogP contribution in [0.1, 0.15) is 45.0 Å². The van der Waals surface area contributed by atoms with Gasteiger partial charge in [-0.2, -0.15) is 0 Å². The molecule has 0 saturated carbocycles. The van der Waals surface area contributed by atoms with E-state index in [1.54, 1.807) is 0 Å². The topological polar surface area (TPSA) is 96.1 Å². The Bertz CT molecular complexity index is 418. The highest BCUT2D eigenvalue weighted by atomic mass is 16.3. The monoisotopic (exact) mass is 267 g/mol. The van der Waals surface area contributed by atoms with Crippen LogP contribution >= 0.6 is 0 Å². The molecule has 0 amide bonds. The van der Waals surface area contributed by atoms with Crippen molar-refractivity contribution in [2.24, 2.45) is 5.84 Å². The molecule has 1 atom stereocenters. The number of anilines is 2. The van der Waals surface area contributed by atoms with Crippen molar-refractivity contribution in [1.29, 1.82) is 0 Å². The summed E-state index contributed by atoms with van der Waals surface area (Å²) in [6, 6.07) is 0. The van der Waals surface area contributed by atoms with Gasteiger partial charge in [-0.15, -0.1) is 0 Å². The first-order chi connectivity index (χ1) is 8.99. The van der Waals surface area contributed by atoms with Crippen molar-refractivity contribution in [1.82, 2.24) is 9.97 Å². The summed E-state index contributed by atoms with van der Waals surface area (Å²) < 4.78 is 0. The lowest BCUT2D eigenvalue weighted by Crippen LogP contribution is -2.38. The van der Waals surface area contributed by atoms with E-state index in [0.717, 1.165) is 36.5 Å². The molecule has 0 aliphatic heterocycles. The van der Waals surface area contributed by atoms with Crippen LogP contribution in [-0.2, 0) is 6.42 Å². The number of nitrogens with one attached hydrogen (secondary N) is 2. The van der Waals surface area contributed by atoms with Gasteiger partial charge >= 0.3 is 0 Å². The highest BCUT2D eigenvalue weighted by Gasteiger charge is 2.23. The first kappa shape index (κ1) is 15.7. The van der Waals surface area contributed by atoms with Crippen molar-refractivity contribution >= 4 is 11.6 Å². The van der Waals surface area contributed by atoms with Crippen molar-refractivity contribution in [3.63, 3.8) is 0 Å². The van der Waals surface area contributed by atoms with Gasteiger partial charge in [0.1, 0.15) is 17.5 Å². The molecule has 108 valence electrons. The average Bonchev–Trinajstić information content (AvgIpc) is 2.42. The summed E-state index contributed by atoms with van der Waals surface area (Å²) in [5.74, 6) is 7.60. The third kappa shape index (κ3) is 3.78. The summed E-state index contributed by atoms with van der Waals surface area (Å²) in [5.41, 5.74) is 3.07. The lowest BCUT2D eigenvalue weighted by molar-refractivity contribution is 0.218. The Morgan fingerprint density at radius 2 is 1.89 bits per heavy atom. The Morgan fingerprint density at radius 1 is 1.26 bits per heavy atom. The molecular weight excluding hydrogens is 242 g/mol. The van der Waals surface area contributed by atoms with E-state index >= 15 is 0 Å². The molecule has 6 heteroatoms. The molecule has 5 N–H and O–H groups in total. The normalized spacial score (nSPS) is 14.0. The standard InChI is InChI=1S/C13H25N5O/c1-5-7-10-15-11(9(3)12(16-10)18-14)17-13(4,6-2)8-19/h19H,5-8,14H2,1-4H3,(H2,15,16,17,18). The van der Waals surface area contributed by atoms with E-state index in [4.69, 9.17) is 5.84 Å². The van der Waals surface area contributed by atoms with E-state index < -0.39 is 5.54 Å². The van der Waals surface area contributed by atoms with E-state index in [2.05, 4.69) is 27.6 Å². The number of hydrogen-bond acceptors (Lipinski definition) is 6. The summed E-state index contributed by atoms with van der Waals surface area (Å²) in [4.78, 5) is 8.90. The number of hydrogen-bond donors (Lipinski definition) is 4. The number of nitrogens with two attached hydrogens (primary N) is 1. The molecule has 19 heavy (non-hydrogen) atoms. The third-order valence-corrected chi connectivity index (χ3v) is 3.35. The third-order valence-electron chi connectivity index (χ3n) is 3.35. The predicted octanol–water partition coefficient (Wildman–Crippen LogP) is 1.60. The zero-order chi connectivity index (χ0) is 14.5. The van der Waals surface area contributed by atoms with Gasteiger partial charge in [0.25, 0.3) is 0 Å². The maximum absolute atomic E-state index is 9.49. The number of rotatable bonds is 7. The van der Waals surface area contributed by atoms with Gasteiger partial charge in [-0.1, -0.05) is 13.8 Å². The van der Waals surface area contributed by atoms with Gasteiger partial charge < -0.3 is 15.8 Å². The minimum absolute atomic E-state index is 0.0431. The molecule has 6 nitrogen and oxygen atoms in total. The van der Waals surface area contributed by atoms with Crippen molar-refractivity contribution in [3.05, 3.63) is 11.4 Å². The lowest BCUT2D eigenvalue weighted by Gasteiger charge is -2.29. The van der Waals surface area contributed by atoms with Crippen LogP contribution < -0.4 is 16.6 Å². The van der Waals surface area contributed by atoms with E-state index in [1.165, 1.54) is 0 Å². The Morgan fingerprint density at radius 3 is 2.37 bits per heavy atom. The lowest BCUT2D eigenvalue weighted by atomic mass is 10.00. The van der Waals surface area contributed by atoms with Crippen LogP contribution in [0.25, 0.3) is 0 Å². The first-order valence-corrected chi connectivity index (χ1v) is 6.72. The molecule has 0 aliphatic carbocycles. The molecule has 0 aliphatic rings. The number of aromatic nitrogens is 2. The van der Waals surface area contributed by atoms with Crippen LogP contribution in [0.5, 0.6) is 0 Å². The average molecular weight is 267 g/mol. The second-order valence-electron chi connectivity index (χ2n) is 5.05. The fraction of sp³-hybridized carbons (Fsp3) is 0.692. The van der Waals surface area contributed by atoms with Crippen LogP contribution in [0.4, 0.5) is 11.6 Å². The van der Waals surface area contributed by atoms with Crippen LogP contribution in [0, 0.1) is 6.92 Å². The van der Waals surface area contributed by atoms with Gasteiger partial charge in [0.15, 0.2) is 0 Å². The molecule has 0 aromatic carbocycles. The summed E-state index contributed by atoms with van der Waals surface area (Å²) in [6.07, 6.45) is 2.56. The van der Waals surface area contributed by atoms with Crippen molar-refractivity contribution in [2.75, 3.05) is 17.3 Å². The fourth-order valence-corrected chi connectivity index (χ4v) is 1.69. The number of aliphatic hydroxyl groups is 1. The predicted molar refractivity (Wildman–Crippen MR) is 78.0 cm³/mol. The van der Waals surface area contributed by atoms with Crippen LogP contribution in [0.15, 0.2) is 0 Å². The Balaban J connectivity index is 3.14. The van der Waals surface area contributed by atoms with Crippen molar-refractivity contribution in [2.45, 2.75) is 52.5 Å². The second kappa shape index (κ2) is 6.68. The Hall–Kier alpha value is -1.40. The number of hydrazine groups is 1. The summed E-state index contributed by atoms with van der Waals surface area (Å²) in [6.45, 7) is 8.01. The second-order valence-corrected chi connectivity index (χ2v) is 5.05. The molecule has 1 aromatic heterocycles. The number of aryl methyl sites for hydroxylation is 1. The van der Waals surface area contributed by atoms with Gasteiger partial charge in [0.2, 0.25) is 0 Å². The Kier molecular flexibility index (Phi) is 5.50. The van der Waals surface area contributed by atoms with Crippen LogP contribution in [-0.4, -0.2) is 27.2 Å². The Labute approximate surface area is 114 Å². The fourth-order valence-electron chi connectivity index (χ4n) is 1.69. The van der Waals surface area contributed by atoms with Gasteiger partial charge in [-0.3, -0.25) is 0 Å². The minimum atomic E-state index is -0.394. The van der Waals surface area contributed by atoms with Gasteiger partial charge in [0.05, 0.1) is 12.1 Å². The number of nitrogens with zero attached hydrogens (tertiary/aromatic N) is 2. The van der Waals surface area contributed by atoms with Crippen molar-refractivity contribution in [3.8, 4) is 0 Å². The van der Waals surface area contributed by atoms with Crippen molar-refractivity contribution < 1.29 is 5.11 Å². The summed E-state index contributed by atoms with van der Waals surface area (Å²) >= 11 is 0. The highest BCUT2D eigenvalue weighted by Crippen LogP contribution is 2.24. The number of nitrogen functional groups attached to an aromatic ring is 1. The van der Waals surface area contributed by atoms with Crippen LogP contribution in [0.3, 0.4) is 0 Å². The van der Waals surface area contributed by atoms with E-state index in [0.29, 0.717) is 5.82 Å². The SMILES string of the molecule is CCCc1nc(NN)c(C)c(NC(C)(CC)CO)n1. The highest BCUT2D eigenvalue weighted by molar-refractivity contribution is 5.57. The smallest absolute Gasteiger partial charge is 0.148 e. The molecule has 1 rings (SSSR count). The van der Waals surface area contributed by atoms with E-state index in [9.17, 15) is 5.11 Å². The summed E-state index contributed by atoms with van der Waals surface area (Å²) in [5, 5.41) is 12.8. The van der Waals surface area contributed by atoms with Crippen LogP contribution in [0.2, 0.25) is 0 Å². The first-order valence-electron chi connectivity index (χ1n) is 6.72. The molecule has 0 fully saturated rings. The molecule has 0 radical (unpaired) electrons. The molecule has 0 spiro atoms. The largest absolute Gasteiger partial charge is 0.394 e. The zero-order valence-electron chi connectivity index (χ0n) is 12.2. The van der Waals surface area contributed by atoms with Gasteiger partial charge in [-0.05, 0) is 26.7 Å². The number of aliphatic hydroxyl groups excluding tert-OH is 1. The zero-order valence-corrected chi connectivity index (χ0v) is 12.2.